The van der Waals surface area contributed by atoms with Crippen LogP contribution in [0.1, 0.15) is 44.5 Å². The normalized spacial score (nSPS) is 13.6. The number of fused-ring (bicyclic) bond motifs is 3. The maximum Gasteiger partial charge on any atom is 0.155 e. The van der Waals surface area contributed by atoms with Gasteiger partial charge in [0.25, 0.3) is 0 Å². The standard InChI is InChI=1S/C22H17N2.C5H8O2.Ir/c1-13-10-18-20-19(24-13)8-9-23-21(20)16-11-14-6-4-5-7-15(14)12-17(16)22(18,2)3;1-4(6)3-5(2)7;/h4-10,12H,1-3H3;3,6H,1-2H3;/q-1;;/b;4-3-;. The fraction of sp³-hybridized carbons (Fsp3) is 0.222. The first kappa shape index (κ1) is 23.8. The van der Waals surface area contributed by atoms with E-state index in [1.165, 1.54) is 41.8 Å². The van der Waals surface area contributed by atoms with E-state index in [9.17, 15) is 4.79 Å². The molecule has 0 aliphatic heterocycles. The largest absolute Gasteiger partial charge is 0.512 e. The van der Waals surface area contributed by atoms with Crippen molar-refractivity contribution < 1.29 is 30.0 Å². The van der Waals surface area contributed by atoms with Crippen LogP contribution in [0.4, 0.5) is 0 Å². The van der Waals surface area contributed by atoms with Crippen LogP contribution in [0.2, 0.25) is 0 Å². The van der Waals surface area contributed by atoms with Crippen LogP contribution in [0.25, 0.3) is 32.9 Å². The number of hydrogen-bond acceptors (Lipinski definition) is 4. The number of aliphatic hydroxyl groups is 1. The van der Waals surface area contributed by atoms with E-state index in [2.05, 4.69) is 63.2 Å². The van der Waals surface area contributed by atoms with Gasteiger partial charge < -0.3 is 5.11 Å². The van der Waals surface area contributed by atoms with Crippen molar-refractivity contribution in [1.82, 2.24) is 9.97 Å². The summed E-state index contributed by atoms with van der Waals surface area (Å²) in [7, 11) is 0. The van der Waals surface area contributed by atoms with Crippen LogP contribution in [-0.2, 0) is 30.3 Å². The molecule has 0 saturated carbocycles. The fourth-order valence-electron chi connectivity index (χ4n) is 4.28. The second-order valence-corrected chi connectivity index (χ2v) is 8.53. The number of allylic oxidation sites excluding steroid dienone is 2. The zero-order valence-electron chi connectivity index (χ0n) is 18.8. The van der Waals surface area contributed by atoms with Crippen molar-refractivity contribution >= 4 is 27.5 Å². The molecule has 0 bridgehead atoms. The van der Waals surface area contributed by atoms with Gasteiger partial charge >= 0.3 is 0 Å². The summed E-state index contributed by atoms with van der Waals surface area (Å²) in [6.45, 7) is 9.49. The van der Waals surface area contributed by atoms with Gasteiger partial charge in [-0.1, -0.05) is 48.6 Å². The summed E-state index contributed by atoms with van der Waals surface area (Å²) >= 11 is 0. The van der Waals surface area contributed by atoms with Gasteiger partial charge in [0.2, 0.25) is 0 Å². The second kappa shape index (κ2) is 8.93. The molecule has 1 radical (unpaired) electrons. The van der Waals surface area contributed by atoms with Crippen LogP contribution in [0.15, 0.2) is 60.5 Å². The van der Waals surface area contributed by atoms with Gasteiger partial charge in [0.1, 0.15) is 0 Å². The Morgan fingerprint density at radius 3 is 2.47 bits per heavy atom. The summed E-state index contributed by atoms with van der Waals surface area (Å²) in [6.07, 6.45) is 3.03. The number of aliphatic hydroxyl groups excluding tert-OH is 1. The molecule has 0 amide bonds. The van der Waals surface area contributed by atoms with E-state index in [0.717, 1.165) is 27.9 Å². The minimum absolute atomic E-state index is 0. The molecule has 1 aliphatic carbocycles. The third-order valence-corrected chi connectivity index (χ3v) is 5.63. The van der Waals surface area contributed by atoms with Gasteiger partial charge in [-0.2, -0.15) is 0 Å². The molecule has 0 unspecified atom stereocenters. The van der Waals surface area contributed by atoms with E-state index in [-0.39, 0.29) is 37.1 Å². The minimum Gasteiger partial charge on any atom is -0.512 e. The first-order valence-electron chi connectivity index (χ1n) is 10.3. The molecule has 0 spiro atoms. The van der Waals surface area contributed by atoms with Crippen LogP contribution in [0, 0.1) is 13.0 Å². The first-order valence-corrected chi connectivity index (χ1v) is 10.3. The van der Waals surface area contributed by atoms with Crippen LogP contribution in [-0.4, -0.2) is 20.9 Å². The van der Waals surface area contributed by atoms with E-state index in [0.29, 0.717) is 0 Å². The van der Waals surface area contributed by atoms with Gasteiger partial charge in [0.05, 0.1) is 11.3 Å². The van der Waals surface area contributed by atoms with Gasteiger partial charge in [0, 0.05) is 43.8 Å². The molecule has 0 atom stereocenters. The second-order valence-electron chi connectivity index (χ2n) is 8.53. The Bertz CT molecular complexity index is 1370. The SMILES string of the molecule is CC(=O)/C=C(/C)O.Cc1cc2c3c(nccc3n1)-c1[c-]c3ccccc3cc1C2(C)C.[Ir]. The number of carbonyl (C=O) groups excluding carboxylic acids is 1. The monoisotopic (exact) mass is 602 g/mol. The molecule has 4 nitrogen and oxygen atoms in total. The molecule has 4 aromatic rings. The van der Waals surface area contributed by atoms with E-state index >= 15 is 0 Å². The van der Waals surface area contributed by atoms with Crippen molar-refractivity contribution in [3.05, 3.63) is 83.4 Å². The number of nitrogens with zero attached hydrogens (tertiary/aromatic N) is 2. The Morgan fingerprint density at radius 2 is 1.81 bits per heavy atom. The van der Waals surface area contributed by atoms with E-state index in [4.69, 9.17) is 15.1 Å². The molecule has 0 saturated heterocycles. The predicted octanol–water partition coefficient (Wildman–Crippen LogP) is 6.23. The van der Waals surface area contributed by atoms with Gasteiger partial charge in [-0.3, -0.25) is 14.8 Å². The average molecular weight is 602 g/mol. The number of aromatic nitrogens is 2. The summed E-state index contributed by atoms with van der Waals surface area (Å²) in [5.41, 5.74) is 6.70. The molecule has 2 heterocycles. The van der Waals surface area contributed by atoms with Crippen molar-refractivity contribution in [3.63, 3.8) is 0 Å². The van der Waals surface area contributed by atoms with Crippen molar-refractivity contribution in [3.8, 4) is 11.3 Å². The maximum absolute atomic E-state index is 10.0. The Balaban J connectivity index is 0.000000318. The number of hydrogen-bond donors (Lipinski definition) is 1. The van der Waals surface area contributed by atoms with Crippen LogP contribution in [0.5, 0.6) is 0 Å². The molecule has 0 fully saturated rings. The fourth-order valence-corrected chi connectivity index (χ4v) is 4.28. The van der Waals surface area contributed by atoms with Gasteiger partial charge in [-0.25, -0.2) is 0 Å². The number of benzene rings is 2. The summed E-state index contributed by atoms with van der Waals surface area (Å²) in [5, 5.41) is 11.9. The van der Waals surface area contributed by atoms with Crippen molar-refractivity contribution in [2.24, 2.45) is 0 Å². The molecule has 1 aliphatic rings. The van der Waals surface area contributed by atoms with Crippen molar-refractivity contribution in [1.29, 1.82) is 0 Å². The quantitative estimate of drug-likeness (QED) is 0.160. The molecule has 32 heavy (non-hydrogen) atoms. The topological polar surface area (TPSA) is 63.1 Å². The van der Waals surface area contributed by atoms with Gasteiger partial charge in [-0.15, -0.1) is 23.6 Å². The number of carbonyl (C=O) groups is 1. The Kier molecular flexibility index (Phi) is 6.64. The first-order chi connectivity index (χ1) is 14.7. The summed E-state index contributed by atoms with van der Waals surface area (Å²) in [4.78, 5) is 19.5. The number of aryl methyl sites for hydroxylation is 1. The van der Waals surface area contributed by atoms with Crippen molar-refractivity contribution in [2.75, 3.05) is 0 Å². The van der Waals surface area contributed by atoms with Gasteiger partial charge in [0.15, 0.2) is 5.78 Å². The van der Waals surface area contributed by atoms with Crippen molar-refractivity contribution in [2.45, 2.75) is 40.0 Å². The van der Waals surface area contributed by atoms with Crippen LogP contribution < -0.4 is 0 Å². The number of ketones is 1. The summed E-state index contributed by atoms with van der Waals surface area (Å²) < 4.78 is 0. The number of rotatable bonds is 1. The molecular formula is C27H25IrN2O2-. The van der Waals surface area contributed by atoms with Gasteiger partial charge in [-0.05, 0) is 49.3 Å². The number of pyridine rings is 2. The Labute approximate surface area is 201 Å². The van der Waals surface area contributed by atoms with E-state index in [1.54, 1.807) is 0 Å². The molecular weight excluding hydrogens is 577 g/mol. The van der Waals surface area contributed by atoms with Crippen LogP contribution >= 0.6 is 0 Å². The third-order valence-electron chi connectivity index (χ3n) is 5.63. The maximum atomic E-state index is 10.0. The summed E-state index contributed by atoms with van der Waals surface area (Å²) in [6, 6.07) is 18.6. The smallest absolute Gasteiger partial charge is 0.155 e. The zero-order chi connectivity index (χ0) is 22.3. The Morgan fingerprint density at radius 1 is 1.09 bits per heavy atom. The van der Waals surface area contributed by atoms with Crippen LogP contribution in [0.3, 0.4) is 0 Å². The van der Waals surface area contributed by atoms with E-state index < -0.39 is 0 Å². The molecule has 2 aromatic carbocycles. The molecule has 5 rings (SSSR count). The Hall–Kier alpha value is -2.88. The predicted molar refractivity (Wildman–Crippen MR) is 125 cm³/mol. The molecule has 165 valence electrons. The average Bonchev–Trinajstić information content (AvgIpc) is 2.70. The molecule has 1 N–H and O–H groups in total. The zero-order valence-corrected chi connectivity index (χ0v) is 21.2. The minimum atomic E-state index is -0.125. The van der Waals surface area contributed by atoms with E-state index in [1.807, 2.05) is 12.3 Å². The summed E-state index contributed by atoms with van der Waals surface area (Å²) in [5.74, 6) is -0.0625. The molecule has 5 heteroatoms. The molecule has 2 aromatic heterocycles. The third kappa shape index (κ3) is 4.23.